The molecule has 0 amide bonds. The summed E-state index contributed by atoms with van der Waals surface area (Å²) in [7, 11) is 0. The molecule has 2 aromatic rings. The van der Waals surface area contributed by atoms with E-state index >= 15 is 0 Å². The lowest BCUT2D eigenvalue weighted by molar-refractivity contribution is 0.584. The largest absolute Gasteiger partial charge is 0.126 e. The zero-order valence-corrected chi connectivity index (χ0v) is 13.5. The molecule has 0 N–H and O–H groups in total. The van der Waals surface area contributed by atoms with Gasteiger partial charge in [-0.25, -0.2) is 0 Å². The SMILES string of the molecule is ClCC(Cc1ccccc1)Cc1ccc(Br)cc1Cl. The maximum Gasteiger partial charge on any atom is 0.0449 e. The van der Waals surface area contributed by atoms with Crippen molar-refractivity contribution in [2.45, 2.75) is 12.8 Å². The van der Waals surface area contributed by atoms with Crippen LogP contribution in [0.2, 0.25) is 5.02 Å². The second kappa shape index (κ2) is 7.33. The van der Waals surface area contributed by atoms with E-state index in [-0.39, 0.29) is 0 Å². The molecule has 1 unspecified atom stereocenters. The molecule has 0 nitrogen and oxygen atoms in total. The van der Waals surface area contributed by atoms with E-state index in [9.17, 15) is 0 Å². The average molecular weight is 358 g/mol. The maximum absolute atomic E-state index is 6.26. The summed E-state index contributed by atoms with van der Waals surface area (Å²) in [5, 5.41) is 0.803. The fraction of sp³-hybridized carbons (Fsp3) is 0.250. The lowest BCUT2D eigenvalue weighted by Gasteiger charge is -2.15. The standard InChI is InChI=1S/C16H15BrCl2/c17-15-7-6-14(16(19)10-15)9-13(11-18)8-12-4-2-1-3-5-12/h1-7,10,13H,8-9,11H2. The molecule has 2 aromatic carbocycles. The van der Waals surface area contributed by atoms with Crippen molar-refractivity contribution in [1.82, 2.24) is 0 Å². The van der Waals surface area contributed by atoms with E-state index in [1.165, 1.54) is 5.56 Å². The van der Waals surface area contributed by atoms with Crippen LogP contribution in [-0.2, 0) is 12.8 Å². The Morgan fingerprint density at radius 1 is 1.00 bits per heavy atom. The maximum atomic E-state index is 6.26. The predicted molar refractivity (Wildman–Crippen MR) is 87.2 cm³/mol. The third kappa shape index (κ3) is 4.52. The van der Waals surface area contributed by atoms with Crippen molar-refractivity contribution in [2.75, 3.05) is 5.88 Å². The van der Waals surface area contributed by atoms with Gasteiger partial charge in [-0.2, -0.15) is 0 Å². The molecular formula is C16H15BrCl2. The van der Waals surface area contributed by atoms with E-state index in [1.807, 2.05) is 18.2 Å². The van der Waals surface area contributed by atoms with Crippen molar-refractivity contribution in [2.24, 2.45) is 5.92 Å². The lowest BCUT2D eigenvalue weighted by Crippen LogP contribution is -2.10. The van der Waals surface area contributed by atoms with E-state index in [2.05, 4.69) is 46.3 Å². The van der Waals surface area contributed by atoms with Gasteiger partial charge in [0.15, 0.2) is 0 Å². The molecule has 0 saturated carbocycles. The van der Waals surface area contributed by atoms with Crippen LogP contribution in [0, 0.1) is 5.92 Å². The van der Waals surface area contributed by atoms with Gasteiger partial charge in [0.1, 0.15) is 0 Å². The number of rotatable bonds is 5. The molecule has 19 heavy (non-hydrogen) atoms. The molecule has 0 saturated heterocycles. The van der Waals surface area contributed by atoms with Gasteiger partial charge in [0, 0.05) is 15.4 Å². The van der Waals surface area contributed by atoms with Gasteiger partial charge < -0.3 is 0 Å². The first-order valence-electron chi connectivity index (χ1n) is 6.23. The van der Waals surface area contributed by atoms with Crippen LogP contribution >= 0.6 is 39.1 Å². The van der Waals surface area contributed by atoms with Crippen LogP contribution < -0.4 is 0 Å². The molecule has 0 fully saturated rings. The van der Waals surface area contributed by atoms with Crippen LogP contribution in [0.5, 0.6) is 0 Å². The van der Waals surface area contributed by atoms with E-state index in [1.54, 1.807) is 0 Å². The van der Waals surface area contributed by atoms with Gasteiger partial charge in [-0.1, -0.05) is 63.9 Å². The molecule has 0 aliphatic carbocycles. The minimum atomic E-state index is 0.405. The second-order valence-corrected chi connectivity index (χ2v) is 6.28. The monoisotopic (exact) mass is 356 g/mol. The van der Waals surface area contributed by atoms with E-state index in [4.69, 9.17) is 23.2 Å². The van der Waals surface area contributed by atoms with Crippen molar-refractivity contribution >= 4 is 39.1 Å². The highest BCUT2D eigenvalue weighted by Gasteiger charge is 2.12. The normalized spacial score (nSPS) is 12.4. The second-order valence-electron chi connectivity index (χ2n) is 4.65. The highest BCUT2D eigenvalue weighted by Crippen LogP contribution is 2.25. The smallest absolute Gasteiger partial charge is 0.0449 e. The van der Waals surface area contributed by atoms with Crippen LogP contribution in [0.1, 0.15) is 11.1 Å². The van der Waals surface area contributed by atoms with Gasteiger partial charge in [0.2, 0.25) is 0 Å². The lowest BCUT2D eigenvalue weighted by atomic mass is 9.94. The molecule has 0 bridgehead atoms. The topological polar surface area (TPSA) is 0 Å². The quantitative estimate of drug-likeness (QED) is 0.598. The van der Waals surface area contributed by atoms with Crippen LogP contribution in [0.15, 0.2) is 53.0 Å². The molecular weight excluding hydrogens is 343 g/mol. The first-order chi connectivity index (χ1) is 9.19. The van der Waals surface area contributed by atoms with Crippen molar-refractivity contribution < 1.29 is 0 Å². The first-order valence-corrected chi connectivity index (χ1v) is 7.93. The summed E-state index contributed by atoms with van der Waals surface area (Å²) in [5.74, 6) is 1.05. The molecule has 2 rings (SSSR count). The summed E-state index contributed by atoms with van der Waals surface area (Å²) >= 11 is 15.8. The molecule has 0 heterocycles. The number of hydrogen-bond donors (Lipinski definition) is 0. The molecule has 0 aromatic heterocycles. The number of hydrogen-bond acceptors (Lipinski definition) is 0. The van der Waals surface area contributed by atoms with Gasteiger partial charge in [0.05, 0.1) is 0 Å². The van der Waals surface area contributed by atoms with Gasteiger partial charge in [-0.3, -0.25) is 0 Å². The van der Waals surface area contributed by atoms with Crippen LogP contribution in [0.3, 0.4) is 0 Å². The highest BCUT2D eigenvalue weighted by atomic mass is 79.9. The zero-order chi connectivity index (χ0) is 13.7. The Bertz CT molecular complexity index is 526. The van der Waals surface area contributed by atoms with Crippen molar-refractivity contribution in [3.63, 3.8) is 0 Å². The first kappa shape index (κ1) is 14.9. The average Bonchev–Trinajstić information content (AvgIpc) is 2.42. The molecule has 3 heteroatoms. The number of alkyl halides is 1. The Morgan fingerprint density at radius 2 is 1.74 bits per heavy atom. The molecule has 0 aliphatic heterocycles. The Kier molecular flexibility index (Phi) is 5.75. The highest BCUT2D eigenvalue weighted by molar-refractivity contribution is 9.10. The minimum Gasteiger partial charge on any atom is -0.126 e. The Hall–Kier alpha value is -0.500. The summed E-state index contributed by atoms with van der Waals surface area (Å²) < 4.78 is 1.01. The fourth-order valence-electron chi connectivity index (χ4n) is 2.13. The molecule has 0 spiro atoms. The van der Waals surface area contributed by atoms with E-state index < -0.39 is 0 Å². The predicted octanol–water partition coefficient (Wildman–Crippen LogP) is 5.74. The number of halogens is 3. The van der Waals surface area contributed by atoms with E-state index in [0.717, 1.165) is 27.9 Å². The molecule has 1 atom stereocenters. The summed E-state index contributed by atoms with van der Waals surface area (Å²) in [6.07, 6.45) is 1.89. The molecule has 0 aliphatic rings. The van der Waals surface area contributed by atoms with Crippen LogP contribution in [0.4, 0.5) is 0 Å². The van der Waals surface area contributed by atoms with Gasteiger partial charge in [-0.05, 0) is 42.0 Å². The third-order valence-electron chi connectivity index (χ3n) is 3.11. The summed E-state index contributed by atoms with van der Waals surface area (Å²) in [4.78, 5) is 0. The summed E-state index contributed by atoms with van der Waals surface area (Å²) in [6.45, 7) is 0. The fourth-order valence-corrected chi connectivity index (χ4v) is 3.10. The molecule has 0 radical (unpaired) electrons. The third-order valence-corrected chi connectivity index (χ3v) is 4.39. The zero-order valence-electron chi connectivity index (χ0n) is 10.5. The van der Waals surface area contributed by atoms with Gasteiger partial charge in [-0.15, -0.1) is 11.6 Å². The van der Waals surface area contributed by atoms with Crippen LogP contribution in [0.25, 0.3) is 0 Å². The summed E-state index contributed by atoms with van der Waals surface area (Å²) in [5.41, 5.74) is 2.48. The Morgan fingerprint density at radius 3 is 2.37 bits per heavy atom. The van der Waals surface area contributed by atoms with Crippen molar-refractivity contribution in [3.05, 3.63) is 69.2 Å². The Labute approximate surface area is 132 Å². The summed E-state index contributed by atoms with van der Waals surface area (Å²) in [6, 6.07) is 16.5. The van der Waals surface area contributed by atoms with Crippen LogP contribution in [-0.4, -0.2) is 5.88 Å². The minimum absolute atomic E-state index is 0.405. The van der Waals surface area contributed by atoms with Gasteiger partial charge in [0.25, 0.3) is 0 Å². The Balaban J connectivity index is 2.06. The molecule has 100 valence electrons. The van der Waals surface area contributed by atoms with Gasteiger partial charge >= 0.3 is 0 Å². The van der Waals surface area contributed by atoms with Crippen molar-refractivity contribution in [3.8, 4) is 0 Å². The number of benzene rings is 2. The van der Waals surface area contributed by atoms with E-state index in [0.29, 0.717) is 11.8 Å². The van der Waals surface area contributed by atoms with Crippen molar-refractivity contribution in [1.29, 1.82) is 0 Å².